The number of pyridine rings is 1. The molecule has 0 unspecified atom stereocenters. The second kappa shape index (κ2) is 21.1. The Labute approximate surface area is 492 Å². The number of imidazole rings is 1. The van der Waals surface area contributed by atoms with Crippen LogP contribution >= 0.6 is 0 Å². The highest BCUT2D eigenvalue weighted by Gasteiger charge is 2.30. The molecule has 0 spiro atoms. The smallest absolute Gasteiger partial charge is 0.149 e. The fraction of sp³-hybridized carbons (Fsp3) is 0.289. The van der Waals surface area contributed by atoms with E-state index in [1.807, 2.05) is 6.20 Å². The molecule has 0 aliphatic heterocycles. The average molecular weight is 1110 g/mol. The maximum absolute atomic E-state index is 12.7. The van der Waals surface area contributed by atoms with Crippen molar-refractivity contribution in [1.82, 2.24) is 14.5 Å². The maximum atomic E-state index is 12.7. The van der Waals surface area contributed by atoms with Crippen molar-refractivity contribution in [3.63, 3.8) is 0 Å². The summed E-state index contributed by atoms with van der Waals surface area (Å²) in [6.07, 6.45) is 1.97. The number of hydrogen-bond donors (Lipinski definition) is 1. The van der Waals surface area contributed by atoms with Crippen LogP contribution in [0.2, 0.25) is 39.3 Å². The van der Waals surface area contributed by atoms with Crippen molar-refractivity contribution in [3.05, 3.63) is 204 Å². The number of aromatic hydroxyl groups is 1. The lowest BCUT2D eigenvalue weighted by molar-refractivity contribution is 0.446. The zero-order chi connectivity index (χ0) is 59.1. The van der Waals surface area contributed by atoms with Crippen molar-refractivity contribution in [2.75, 3.05) is 0 Å². The molecule has 2 heterocycles. The van der Waals surface area contributed by atoms with E-state index in [0.717, 1.165) is 72.5 Å². The molecule has 0 radical (unpaired) electrons. The fourth-order valence-electron chi connectivity index (χ4n) is 11.2. The Morgan fingerprint density at radius 3 is 1.43 bits per heavy atom. The third-order valence-corrected chi connectivity index (χ3v) is 20.6. The van der Waals surface area contributed by atoms with Gasteiger partial charge in [0.1, 0.15) is 11.6 Å². The summed E-state index contributed by atoms with van der Waals surface area (Å²) < 4.78 is 2.31. The minimum atomic E-state index is -1.49. The Balaban J connectivity index is 1.19. The molecule has 10 aromatic rings. The van der Waals surface area contributed by atoms with Crippen molar-refractivity contribution < 1.29 is 5.11 Å². The molecule has 82 heavy (non-hydrogen) atoms. The molecule has 8 aromatic carbocycles. The van der Waals surface area contributed by atoms with E-state index >= 15 is 0 Å². The molecular weight excluding hydrogens is 1030 g/mol. The first kappa shape index (κ1) is 57.8. The van der Waals surface area contributed by atoms with Crippen molar-refractivity contribution >= 4 is 37.6 Å². The van der Waals surface area contributed by atoms with Crippen LogP contribution in [-0.2, 0) is 21.7 Å². The van der Waals surface area contributed by atoms with Crippen LogP contribution < -0.4 is 10.4 Å². The molecular formula is C76H85N3OSi2. The topological polar surface area (TPSA) is 50.9 Å². The summed E-state index contributed by atoms with van der Waals surface area (Å²) in [4.78, 5) is 11.0. The number of phenolic OH excluding ortho intramolecular Hbond substituents is 1. The second-order valence-electron chi connectivity index (χ2n) is 29.1. The zero-order valence-electron chi connectivity index (χ0n) is 52.1. The van der Waals surface area contributed by atoms with Crippen LogP contribution in [0.4, 0.5) is 0 Å². The summed E-state index contributed by atoms with van der Waals surface area (Å²) in [5.41, 5.74) is 20.5. The monoisotopic (exact) mass is 1110 g/mol. The summed E-state index contributed by atoms with van der Waals surface area (Å²) in [6, 6.07) is 65.6. The molecule has 0 aliphatic carbocycles. The molecule has 418 valence electrons. The highest BCUT2D eigenvalue weighted by molar-refractivity contribution is 6.89. The Kier molecular flexibility index (Phi) is 14.9. The van der Waals surface area contributed by atoms with E-state index in [1.54, 1.807) is 0 Å². The minimum absolute atomic E-state index is 0.0902. The van der Waals surface area contributed by atoms with Gasteiger partial charge in [0, 0.05) is 28.5 Å². The minimum Gasteiger partial charge on any atom is -0.507 e. The van der Waals surface area contributed by atoms with Gasteiger partial charge < -0.3 is 5.11 Å². The average Bonchev–Trinajstić information content (AvgIpc) is 2.49. The first-order valence-corrected chi connectivity index (χ1v) is 36.4. The molecule has 0 atom stereocenters. The predicted molar refractivity (Wildman–Crippen MR) is 359 cm³/mol. The second-order valence-corrected chi connectivity index (χ2v) is 39.3. The highest BCUT2D eigenvalue weighted by atomic mass is 28.3. The number of para-hydroxylation sites is 1. The number of fused-ring (bicyclic) bond motifs is 1. The SMILES string of the molecule is CC(C)(C)c1cc(-c2cc(-c3cc(-c4ccc([Si](C)(C)C)cc4)cc(-c4ccc([Si](C)(C)C)cc4)c3)ccn2)cc(-c2cccc3c2nc(-c2cc(C(C)(C)C)cc(C(C)(C)C)c2O)n3-c2ccc(C(C)(C)C)cc2-c2ccccc2)c1. The van der Waals surface area contributed by atoms with Crippen molar-refractivity contribution in [2.24, 2.45) is 0 Å². The molecule has 0 fully saturated rings. The molecule has 6 heteroatoms. The molecule has 0 saturated heterocycles. The van der Waals surface area contributed by atoms with Gasteiger partial charge in [0.2, 0.25) is 0 Å². The molecule has 1 N–H and O–H groups in total. The standard InChI is InChI=1S/C76H85N3OSi2/c1-73(2,3)58-31-36-68(64(46-58)51-23-20-19-21-24-51)79-69-26-22-25-63(70(69)78-72(79)65-47-60(75(7,8)9)48-66(71(65)80)76(10,11)12)56-42-57(44-59(43-56)74(4,5)6)67-45-52(37-38-77-67)55-40-53(49-27-32-61(33-28-49)81(13,14)15)39-54(41-55)50-29-34-62(35-30-50)82(16,17)18/h19-48,80H,1-18H3. The van der Waals surface area contributed by atoms with E-state index in [4.69, 9.17) is 9.97 Å². The predicted octanol–water partition coefficient (Wildman–Crippen LogP) is 20.1. The molecule has 4 nitrogen and oxygen atoms in total. The van der Waals surface area contributed by atoms with Crippen molar-refractivity contribution in [3.8, 4) is 89.7 Å². The van der Waals surface area contributed by atoms with Gasteiger partial charge >= 0.3 is 0 Å². The van der Waals surface area contributed by atoms with Crippen molar-refractivity contribution in [2.45, 2.75) is 144 Å². The molecule has 2 aromatic heterocycles. The Bertz CT molecular complexity index is 3940. The van der Waals surface area contributed by atoms with E-state index in [1.165, 1.54) is 43.8 Å². The summed E-state index contributed by atoms with van der Waals surface area (Å²) in [6.45, 7) is 41.4. The van der Waals surface area contributed by atoms with Gasteiger partial charge in [0.05, 0.1) is 44.1 Å². The lowest BCUT2D eigenvalue weighted by Crippen LogP contribution is -2.37. The number of phenols is 1. The first-order chi connectivity index (χ1) is 38.3. The van der Waals surface area contributed by atoms with Crippen LogP contribution in [0, 0.1) is 0 Å². The summed E-state index contributed by atoms with van der Waals surface area (Å²) >= 11 is 0. The van der Waals surface area contributed by atoms with Gasteiger partial charge in [-0.05, 0) is 150 Å². The van der Waals surface area contributed by atoms with Crippen LogP contribution in [0.15, 0.2) is 182 Å². The zero-order valence-corrected chi connectivity index (χ0v) is 54.1. The fourth-order valence-corrected chi connectivity index (χ4v) is 13.5. The van der Waals surface area contributed by atoms with Crippen LogP contribution in [0.5, 0.6) is 5.75 Å². The highest BCUT2D eigenvalue weighted by Crippen LogP contribution is 2.47. The molecule has 10 rings (SSSR count). The van der Waals surface area contributed by atoms with Gasteiger partial charge in [0.25, 0.3) is 0 Å². The Hall–Kier alpha value is -7.39. The molecule has 0 saturated carbocycles. The lowest BCUT2D eigenvalue weighted by Gasteiger charge is -2.28. The lowest BCUT2D eigenvalue weighted by atomic mass is 9.79. The van der Waals surface area contributed by atoms with Gasteiger partial charge in [0.15, 0.2) is 0 Å². The van der Waals surface area contributed by atoms with Gasteiger partial charge in [-0.25, -0.2) is 4.98 Å². The van der Waals surface area contributed by atoms with Crippen LogP contribution in [0.25, 0.3) is 95.0 Å². The van der Waals surface area contributed by atoms with Crippen LogP contribution in [0.1, 0.15) is 105 Å². The Morgan fingerprint density at radius 2 is 0.890 bits per heavy atom. The largest absolute Gasteiger partial charge is 0.507 e. The van der Waals surface area contributed by atoms with Gasteiger partial charge in [-0.3, -0.25) is 9.55 Å². The van der Waals surface area contributed by atoms with E-state index in [9.17, 15) is 5.11 Å². The molecule has 0 bridgehead atoms. The first-order valence-electron chi connectivity index (χ1n) is 29.4. The Morgan fingerprint density at radius 1 is 0.378 bits per heavy atom. The molecule has 0 aliphatic rings. The van der Waals surface area contributed by atoms with E-state index in [0.29, 0.717) is 11.4 Å². The maximum Gasteiger partial charge on any atom is 0.149 e. The van der Waals surface area contributed by atoms with E-state index < -0.39 is 16.1 Å². The van der Waals surface area contributed by atoms with E-state index in [2.05, 4.69) is 303 Å². The summed E-state index contributed by atoms with van der Waals surface area (Å²) in [5, 5.41) is 15.7. The summed E-state index contributed by atoms with van der Waals surface area (Å²) in [5.74, 6) is 0.950. The normalized spacial score (nSPS) is 12.8. The number of nitrogens with zero attached hydrogens (tertiary/aromatic N) is 3. The number of rotatable bonds is 10. The van der Waals surface area contributed by atoms with Gasteiger partial charge in [-0.2, -0.15) is 0 Å². The summed E-state index contributed by atoms with van der Waals surface area (Å²) in [7, 11) is -2.97. The molecule has 0 amide bonds. The van der Waals surface area contributed by atoms with E-state index in [-0.39, 0.29) is 27.4 Å². The number of hydrogen-bond acceptors (Lipinski definition) is 3. The van der Waals surface area contributed by atoms with Gasteiger partial charge in [-0.15, -0.1) is 0 Å². The number of aromatic nitrogens is 3. The quantitative estimate of drug-likeness (QED) is 0.139. The third-order valence-electron chi connectivity index (χ3n) is 16.5. The number of benzene rings is 8. The van der Waals surface area contributed by atoms with Crippen LogP contribution in [-0.4, -0.2) is 35.8 Å². The third kappa shape index (κ3) is 11.8. The van der Waals surface area contributed by atoms with Crippen molar-refractivity contribution in [1.29, 1.82) is 0 Å². The van der Waals surface area contributed by atoms with Gasteiger partial charge in [-0.1, -0.05) is 242 Å². The van der Waals surface area contributed by atoms with Crippen LogP contribution in [0.3, 0.4) is 0 Å².